The van der Waals surface area contributed by atoms with E-state index in [0.717, 1.165) is 16.9 Å². The summed E-state index contributed by atoms with van der Waals surface area (Å²) in [6, 6.07) is 19.8. The molecule has 0 saturated heterocycles. The van der Waals surface area contributed by atoms with Crippen LogP contribution >= 0.6 is 11.6 Å². The number of hydrogen-bond donors (Lipinski definition) is 2. The summed E-state index contributed by atoms with van der Waals surface area (Å²) in [7, 11) is 0. The minimum Gasteiger partial charge on any atom is -0.352 e. The molecule has 2 aromatic carbocycles. The summed E-state index contributed by atoms with van der Waals surface area (Å²) in [6.07, 6.45) is 0. The van der Waals surface area contributed by atoms with Crippen molar-refractivity contribution >= 4 is 29.1 Å². The Balaban J connectivity index is 1.98. The Morgan fingerprint density at radius 3 is 2.42 bits per heavy atom. The second-order valence-electron chi connectivity index (χ2n) is 5.76. The monoisotopic (exact) mass is 338 g/mol. The maximum absolute atomic E-state index is 6.05. The van der Waals surface area contributed by atoms with Crippen molar-refractivity contribution in [3.8, 4) is 11.3 Å². The van der Waals surface area contributed by atoms with E-state index < -0.39 is 0 Å². The number of nitrogens with one attached hydrogen (secondary N) is 2. The van der Waals surface area contributed by atoms with Crippen LogP contribution in [0.1, 0.15) is 13.8 Å². The average molecular weight is 339 g/mol. The lowest BCUT2D eigenvalue weighted by Gasteiger charge is -2.13. The van der Waals surface area contributed by atoms with E-state index in [1.165, 1.54) is 0 Å². The first-order valence-electron chi connectivity index (χ1n) is 7.84. The SMILES string of the molecule is CC(C)Nc1nc(Nc2cccc(Cl)c2)cc(-c2ccccc2)n1. The van der Waals surface area contributed by atoms with Gasteiger partial charge in [-0.3, -0.25) is 0 Å². The van der Waals surface area contributed by atoms with Gasteiger partial charge in [-0.25, -0.2) is 4.98 Å². The molecule has 0 amide bonds. The maximum Gasteiger partial charge on any atom is 0.225 e. The minimum absolute atomic E-state index is 0.245. The predicted molar refractivity (Wildman–Crippen MR) is 101 cm³/mol. The number of benzene rings is 2. The molecular weight excluding hydrogens is 320 g/mol. The molecule has 3 aromatic rings. The van der Waals surface area contributed by atoms with Crippen LogP contribution in [0.3, 0.4) is 0 Å². The van der Waals surface area contributed by atoms with E-state index in [0.29, 0.717) is 16.8 Å². The number of halogens is 1. The molecule has 1 heterocycles. The number of rotatable bonds is 5. The van der Waals surface area contributed by atoms with Crippen LogP contribution in [0.4, 0.5) is 17.5 Å². The van der Waals surface area contributed by atoms with Gasteiger partial charge in [0.2, 0.25) is 5.95 Å². The van der Waals surface area contributed by atoms with Crippen LogP contribution in [-0.2, 0) is 0 Å². The molecule has 0 spiro atoms. The third kappa shape index (κ3) is 4.24. The van der Waals surface area contributed by atoms with Crippen molar-refractivity contribution in [3.63, 3.8) is 0 Å². The lowest BCUT2D eigenvalue weighted by Crippen LogP contribution is -2.13. The van der Waals surface area contributed by atoms with Crippen LogP contribution < -0.4 is 10.6 Å². The van der Waals surface area contributed by atoms with Crippen molar-refractivity contribution in [2.24, 2.45) is 0 Å². The van der Waals surface area contributed by atoms with Gasteiger partial charge in [0.1, 0.15) is 5.82 Å². The van der Waals surface area contributed by atoms with Gasteiger partial charge in [-0.15, -0.1) is 0 Å². The van der Waals surface area contributed by atoms with Crippen LogP contribution in [0.25, 0.3) is 11.3 Å². The van der Waals surface area contributed by atoms with E-state index in [9.17, 15) is 0 Å². The van der Waals surface area contributed by atoms with E-state index in [1.54, 1.807) is 0 Å². The summed E-state index contributed by atoms with van der Waals surface area (Å²) in [6.45, 7) is 4.12. The molecule has 0 saturated carbocycles. The fourth-order valence-corrected chi connectivity index (χ4v) is 2.50. The van der Waals surface area contributed by atoms with Crippen molar-refractivity contribution in [1.82, 2.24) is 9.97 Å². The zero-order chi connectivity index (χ0) is 16.9. The lowest BCUT2D eigenvalue weighted by molar-refractivity contribution is 0.876. The van der Waals surface area contributed by atoms with E-state index in [-0.39, 0.29) is 6.04 Å². The van der Waals surface area contributed by atoms with Gasteiger partial charge >= 0.3 is 0 Å². The van der Waals surface area contributed by atoms with E-state index in [1.807, 2.05) is 60.7 Å². The highest BCUT2D eigenvalue weighted by Crippen LogP contribution is 2.24. The van der Waals surface area contributed by atoms with E-state index in [4.69, 9.17) is 11.6 Å². The highest BCUT2D eigenvalue weighted by Gasteiger charge is 2.08. The first kappa shape index (κ1) is 16.3. The smallest absolute Gasteiger partial charge is 0.225 e. The highest BCUT2D eigenvalue weighted by molar-refractivity contribution is 6.30. The van der Waals surface area contributed by atoms with Crippen molar-refractivity contribution in [2.75, 3.05) is 10.6 Å². The molecule has 0 bridgehead atoms. The van der Waals surface area contributed by atoms with Crippen molar-refractivity contribution in [2.45, 2.75) is 19.9 Å². The van der Waals surface area contributed by atoms with Gasteiger partial charge in [-0.1, -0.05) is 48.0 Å². The Morgan fingerprint density at radius 1 is 0.917 bits per heavy atom. The van der Waals surface area contributed by atoms with E-state index >= 15 is 0 Å². The molecule has 0 unspecified atom stereocenters. The van der Waals surface area contributed by atoms with Gasteiger partial charge in [-0.05, 0) is 32.0 Å². The first-order chi connectivity index (χ1) is 11.6. The molecule has 5 heteroatoms. The maximum atomic E-state index is 6.05. The summed E-state index contributed by atoms with van der Waals surface area (Å²) >= 11 is 6.05. The molecule has 0 radical (unpaired) electrons. The number of nitrogens with zero attached hydrogens (tertiary/aromatic N) is 2. The van der Waals surface area contributed by atoms with Crippen LogP contribution in [-0.4, -0.2) is 16.0 Å². The normalized spacial score (nSPS) is 10.7. The van der Waals surface area contributed by atoms with Crippen LogP contribution in [0.2, 0.25) is 5.02 Å². The van der Waals surface area contributed by atoms with Gasteiger partial charge in [0, 0.05) is 28.4 Å². The minimum atomic E-state index is 0.245. The molecular formula is C19H19ClN4. The Bertz CT molecular complexity index is 819. The topological polar surface area (TPSA) is 49.8 Å². The molecule has 0 aliphatic carbocycles. The van der Waals surface area contributed by atoms with Gasteiger partial charge in [0.05, 0.1) is 5.69 Å². The van der Waals surface area contributed by atoms with E-state index in [2.05, 4.69) is 34.4 Å². The number of aromatic nitrogens is 2. The molecule has 0 atom stereocenters. The van der Waals surface area contributed by atoms with Crippen molar-refractivity contribution < 1.29 is 0 Å². The van der Waals surface area contributed by atoms with Gasteiger partial charge in [0.15, 0.2) is 0 Å². The lowest BCUT2D eigenvalue weighted by atomic mass is 10.1. The molecule has 0 aliphatic heterocycles. The summed E-state index contributed by atoms with van der Waals surface area (Å²) < 4.78 is 0. The Morgan fingerprint density at radius 2 is 1.71 bits per heavy atom. The predicted octanol–water partition coefficient (Wildman–Crippen LogP) is 5.36. The standard InChI is InChI=1S/C19H19ClN4/c1-13(2)21-19-23-17(14-7-4-3-5-8-14)12-18(24-19)22-16-10-6-9-15(20)11-16/h3-13H,1-2H3,(H2,21,22,23,24). The van der Waals surface area contributed by atoms with Crippen LogP contribution in [0.15, 0.2) is 60.7 Å². The average Bonchev–Trinajstić information content (AvgIpc) is 2.55. The summed E-state index contributed by atoms with van der Waals surface area (Å²) in [5, 5.41) is 7.24. The Labute approximate surface area is 146 Å². The molecule has 0 fully saturated rings. The largest absolute Gasteiger partial charge is 0.352 e. The van der Waals surface area contributed by atoms with Crippen LogP contribution in [0.5, 0.6) is 0 Å². The molecule has 3 rings (SSSR count). The number of anilines is 3. The summed E-state index contributed by atoms with van der Waals surface area (Å²) in [4.78, 5) is 9.16. The third-order valence-electron chi connectivity index (χ3n) is 3.31. The van der Waals surface area contributed by atoms with Gasteiger partial charge in [0.25, 0.3) is 0 Å². The number of hydrogen-bond acceptors (Lipinski definition) is 4. The summed E-state index contributed by atoms with van der Waals surface area (Å²) in [5.74, 6) is 1.31. The fraction of sp³-hybridized carbons (Fsp3) is 0.158. The highest BCUT2D eigenvalue weighted by atomic mass is 35.5. The third-order valence-corrected chi connectivity index (χ3v) is 3.55. The molecule has 2 N–H and O–H groups in total. The zero-order valence-corrected chi connectivity index (χ0v) is 14.4. The van der Waals surface area contributed by atoms with Crippen molar-refractivity contribution in [1.29, 1.82) is 0 Å². The molecule has 4 nitrogen and oxygen atoms in total. The second kappa shape index (κ2) is 7.32. The van der Waals surface area contributed by atoms with Crippen molar-refractivity contribution in [3.05, 3.63) is 65.7 Å². The fourth-order valence-electron chi connectivity index (χ4n) is 2.30. The first-order valence-corrected chi connectivity index (χ1v) is 8.21. The Kier molecular flexibility index (Phi) is 4.96. The molecule has 1 aromatic heterocycles. The molecule has 24 heavy (non-hydrogen) atoms. The summed E-state index contributed by atoms with van der Waals surface area (Å²) in [5.41, 5.74) is 2.79. The molecule has 122 valence electrons. The quantitative estimate of drug-likeness (QED) is 0.657. The van der Waals surface area contributed by atoms with Gasteiger partial charge in [-0.2, -0.15) is 4.98 Å². The van der Waals surface area contributed by atoms with Crippen LogP contribution in [0, 0.1) is 0 Å². The van der Waals surface area contributed by atoms with Gasteiger partial charge < -0.3 is 10.6 Å². The second-order valence-corrected chi connectivity index (χ2v) is 6.20. The zero-order valence-electron chi connectivity index (χ0n) is 13.6. The Hall–Kier alpha value is -2.59. The molecule has 0 aliphatic rings.